The van der Waals surface area contributed by atoms with Gasteiger partial charge in [0.05, 0.1) is 0 Å². The summed E-state index contributed by atoms with van der Waals surface area (Å²) in [5.41, 5.74) is 6.08. The van der Waals surface area contributed by atoms with Crippen LogP contribution in [-0.4, -0.2) is 4.98 Å². The Hall–Kier alpha value is -6.01. The first-order valence-corrected chi connectivity index (χ1v) is 18.3. The maximum absolute atomic E-state index is 6.26. The summed E-state index contributed by atoms with van der Waals surface area (Å²) < 4.78 is 11.3. The SMILES string of the molecule is c1ccc2cc(N(c3ccc4c(c3)sc3c5ccccc5ccc43)c3ccc4c(c3)sc3cccc(-c5nc6ccccc6o5)c34)ccc2c1. The van der Waals surface area contributed by atoms with Gasteiger partial charge >= 0.3 is 0 Å². The monoisotopic (exact) mass is 674 g/mol. The highest BCUT2D eigenvalue weighted by atomic mass is 32.1. The average Bonchev–Trinajstić information content (AvgIpc) is 3.88. The fourth-order valence-electron chi connectivity index (χ4n) is 7.51. The molecule has 0 spiro atoms. The molecule has 0 atom stereocenters. The van der Waals surface area contributed by atoms with Crippen LogP contribution in [-0.2, 0) is 0 Å². The van der Waals surface area contributed by atoms with Gasteiger partial charge in [0.25, 0.3) is 0 Å². The van der Waals surface area contributed by atoms with Gasteiger partial charge < -0.3 is 9.32 Å². The summed E-state index contributed by atoms with van der Waals surface area (Å²) in [5.74, 6) is 0.655. The number of aromatic nitrogens is 1. The third-order valence-corrected chi connectivity index (χ3v) is 12.2. The van der Waals surface area contributed by atoms with Gasteiger partial charge in [-0.1, -0.05) is 97.1 Å². The van der Waals surface area contributed by atoms with Crippen LogP contribution in [0.15, 0.2) is 162 Å². The molecule has 0 aliphatic rings. The number of nitrogens with zero attached hydrogens (tertiary/aromatic N) is 2. The summed E-state index contributed by atoms with van der Waals surface area (Å²) >= 11 is 3.70. The quantitative estimate of drug-likeness (QED) is 0.186. The van der Waals surface area contributed by atoms with Crippen LogP contribution < -0.4 is 4.90 Å². The van der Waals surface area contributed by atoms with Crippen molar-refractivity contribution in [2.24, 2.45) is 0 Å². The van der Waals surface area contributed by atoms with Crippen LogP contribution in [0.4, 0.5) is 17.1 Å². The fraction of sp³-hybridized carbons (Fsp3) is 0. The molecule has 234 valence electrons. The fourth-order valence-corrected chi connectivity index (χ4v) is 9.95. The number of para-hydroxylation sites is 2. The Morgan fingerprint density at radius 3 is 2.02 bits per heavy atom. The van der Waals surface area contributed by atoms with Crippen molar-refractivity contribution in [1.82, 2.24) is 4.98 Å². The van der Waals surface area contributed by atoms with E-state index in [1.807, 2.05) is 46.9 Å². The molecular formula is C45H26N2OS2. The number of hydrogen-bond donors (Lipinski definition) is 0. The first kappa shape index (κ1) is 27.9. The van der Waals surface area contributed by atoms with E-state index in [1.54, 1.807) is 0 Å². The molecule has 0 amide bonds. The lowest BCUT2D eigenvalue weighted by atomic mass is 10.0. The second kappa shape index (κ2) is 10.7. The van der Waals surface area contributed by atoms with Gasteiger partial charge in [0, 0.05) is 63.0 Å². The van der Waals surface area contributed by atoms with Crippen LogP contribution in [0.25, 0.3) is 84.4 Å². The summed E-state index contributed by atoms with van der Waals surface area (Å²) in [4.78, 5) is 7.26. The van der Waals surface area contributed by atoms with Gasteiger partial charge in [-0.25, -0.2) is 4.98 Å². The zero-order valence-corrected chi connectivity index (χ0v) is 28.3. The minimum atomic E-state index is 0.655. The molecule has 0 N–H and O–H groups in total. The number of benzene rings is 8. The van der Waals surface area contributed by atoms with Crippen molar-refractivity contribution < 1.29 is 4.42 Å². The second-order valence-electron chi connectivity index (χ2n) is 12.8. The Morgan fingerprint density at radius 1 is 0.460 bits per heavy atom. The van der Waals surface area contributed by atoms with Crippen molar-refractivity contribution in [3.8, 4) is 11.5 Å². The largest absolute Gasteiger partial charge is 0.436 e. The molecule has 8 aromatic carbocycles. The standard InChI is InChI=1S/C45H26N2OS2/c1-2-10-29-24-30(18-16-27(29)8-1)47(31-19-22-34-35-21-17-28-9-3-4-11-33(28)44(35)50-41(34)25-31)32-20-23-36-42(26-32)49-40-15-7-12-37(43(36)40)45-46-38-13-5-6-14-39(38)48-45/h1-26H. The zero-order valence-electron chi connectivity index (χ0n) is 26.6. The van der Waals surface area contributed by atoms with Gasteiger partial charge in [0.2, 0.25) is 5.89 Å². The smallest absolute Gasteiger partial charge is 0.227 e. The van der Waals surface area contributed by atoms with Crippen LogP contribution in [0, 0.1) is 0 Å². The highest BCUT2D eigenvalue weighted by Crippen LogP contribution is 2.46. The molecule has 50 heavy (non-hydrogen) atoms. The average molecular weight is 675 g/mol. The van der Waals surface area contributed by atoms with E-state index in [2.05, 4.69) is 138 Å². The minimum Gasteiger partial charge on any atom is -0.436 e. The summed E-state index contributed by atoms with van der Waals surface area (Å²) in [6.07, 6.45) is 0. The molecule has 11 aromatic rings. The Labute approximate surface area is 294 Å². The lowest BCUT2D eigenvalue weighted by Crippen LogP contribution is -2.09. The molecular weight excluding hydrogens is 649 g/mol. The van der Waals surface area contributed by atoms with E-state index in [1.165, 1.54) is 61.9 Å². The van der Waals surface area contributed by atoms with Crippen LogP contribution in [0.3, 0.4) is 0 Å². The normalized spacial score (nSPS) is 12.0. The lowest BCUT2D eigenvalue weighted by molar-refractivity contribution is 0.620. The second-order valence-corrected chi connectivity index (χ2v) is 14.9. The van der Waals surface area contributed by atoms with E-state index >= 15 is 0 Å². The highest BCUT2D eigenvalue weighted by molar-refractivity contribution is 7.27. The number of anilines is 3. The summed E-state index contributed by atoms with van der Waals surface area (Å²) in [7, 11) is 0. The summed E-state index contributed by atoms with van der Waals surface area (Å²) in [6, 6.07) is 56.8. The van der Waals surface area contributed by atoms with Crippen LogP contribution in [0.1, 0.15) is 0 Å². The summed E-state index contributed by atoms with van der Waals surface area (Å²) in [6.45, 7) is 0. The van der Waals surface area contributed by atoms with Gasteiger partial charge in [-0.3, -0.25) is 0 Å². The van der Waals surface area contributed by atoms with E-state index in [0.717, 1.165) is 33.7 Å². The predicted molar refractivity (Wildman–Crippen MR) is 215 cm³/mol. The Kier molecular flexibility index (Phi) is 5.99. The maximum Gasteiger partial charge on any atom is 0.227 e. The molecule has 0 saturated heterocycles. The minimum absolute atomic E-state index is 0.655. The molecule has 5 heteroatoms. The molecule has 3 nitrogen and oxygen atoms in total. The van der Waals surface area contributed by atoms with E-state index < -0.39 is 0 Å². The molecule has 3 aromatic heterocycles. The van der Waals surface area contributed by atoms with Crippen LogP contribution >= 0.6 is 22.7 Å². The topological polar surface area (TPSA) is 29.3 Å². The van der Waals surface area contributed by atoms with Gasteiger partial charge in [0.15, 0.2) is 5.58 Å². The van der Waals surface area contributed by atoms with Gasteiger partial charge in [-0.05, 0) is 82.2 Å². The highest BCUT2D eigenvalue weighted by Gasteiger charge is 2.20. The molecule has 0 saturated carbocycles. The van der Waals surface area contributed by atoms with Crippen molar-refractivity contribution in [2.75, 3.05) is 4.90 Å². The van der Waals surface area contributed by atoms with E-state index in [4.69, 9.17) is 9.40 Å². The first-order valence-electron chi connectivity index (χ1n) is 16.7. The van der Waals surface area contributed by atoms with Crippen molar-refractivity contribution >= 4 is 113 Å². The maximum atomic E-state index is 6.26. The Balaban J connectivity index is 1.11. The number of fused-ring (bicyclic) bond motifs is 10. The molecule has 0 aliphatic carbocycles. The molecule has 11 rings (SSSR count). The third kappa shape index (κ3) is 4.24. The van der Waals surface area contributed by atoms with Gasteiger partial charge in [-0.15, -0.1) is 22.7 Å². The van der Waals surface area contributed by atoms with Crippen molar-refractivity contribution in [3.05, 3.63) is 158 Å². The number of hydrogen-bond acceptors (Lipinski definition) is 5. The summed E-state index contributed by atoms with van der Waals surface area (Å²) in [5, 5.41) is 10.0. The molecule has 0 bridgehead atoms. The molecule has 0 fully saturated rings. The van der Waals surface area contributed by atoms with Gasteiger partial charge in [0.1, 0.15) is 5.52 Å². The molecule has 0 unspecified atom stereocenters. The molecule has 3 heterocycles. The van der Waals surface area contributed by atoms with E-state index in [9.17, 15) is 0 Å². The van der Waals surface area contributed by atoms with Crippen LogP contribution in [0.2, 0.25) is 0 Å². The van der Waals surface area contributed by atoms with E-state index in [-0.39, 0.29) is 0 Å². The van der Waals surface area contributed by atoms with Crippen LogP contribution in [0.5, 0.6) is 0 Å². The molecule has 0 aliphatic heterocycles. The molecule has 0 radical (unpaired) electrons. The van der Waals surface area contributed by atoms with Crippen molar-refractivity contribution in [3.63, 3.8) is 0 Å². The van der Waals surface area contributed by atoms with Crippen molar-refractivity contribution in [1.29, 1.82) is 0 Å². The lowest BCUT2D eigenvalue weighted by Gasteiger charge is -2.26. The third-order valence-electron chi connectivity index (χ3n) is 9.86. The van der Waals surface area contributed by atoms with E-state index in [0.29, 0.717) is 5.89 Å². The first-order chi connectivity index (χ1) is 24.7. The number of oxazole rings is 1. The Morgan fingerprint density at radius 2 is 1.14 bits per heavy atom. The van der Waals surface area contributed by atoms with Crippen molar-refractivity contribution in [2.45, 2.75) is 0 Å². The predicted octanol–water partition coefficient (Wildman–Crippen LogP) is 14.0. The number of thiophene rings is 2. The Bertz CT molecular complexity index is 3100. The van der Waals surface area contributed by atoms with Gasteiger partial charge in [-0.2, -0.15) is 0 Å². The zero-order chi connectivity index (χ0) is 32.8. The number of rotatable bonds is 4.